The Bertz CT molecular complexity index is 2500. The van der Waals surface area contributed by atoms with E-state index >= 15 is 0 Å². The molecule has 0 saturated carbocycles. The number of hydrogen-bond donors (Lipinski definition) is 1. The van der Waals surface area contributed by atoms with E-state index < -0.39 is 47.4 Å². The van der Waals surface area contributed by atoms with Gasteiger partial charge in [0.05, 0.1) is 33.4 Å². The van der Waals surface area contributed by atoms with Gasteiger partial charge in [-0.05, 0) is 72.5 Å². The van der Waals surface area contributed by atoms with E-state index in [0.717, 1.165) is 27.5 Å². The number of nitrogens with two attached hydrogens (primary N) is 1. The van der Waals surface area contributed by atoms with Gasteiger partial charge in [0.1, 0.15) is 1.41 Å². The summed E-state index contributed by atoms with van der Waals surface area (Å²) in [5.74, 6) is -6.21. The molecule has 66 heavy (non-hydrogen) atoms. The standard InChI is InChI=1S/C16H14N2O6.C15H10N2O6.C12H14N2O2S.2CH4/c1-9-8-14(21)17(15(9)22)11-4-2-10(3-5-11)16(23)24-18-12(19)6-7-13(18)20;18-11-5-6-12(19)16(11)10-3-1-9(2-4-10)15(22)23-17-13(20)7-8-14(17)21;1-17-10-6-11(15)14(12(10)16)9-4-2-3-8(5-9)7-13;;/h2-5,9H,6-8H2,1H3;1-6H,7-8H2;2-5,10H,6-7,13H2,1H3;2*1H4/i/hT. The highest BCUT2D eigenvalue weighted by atomic mass is 32.2. The van der Waals surface area contributed by atoms with Crippen LogP contribution in [0.1, 0.15) is 86.6 Å². The molecule has 4 fully saturated rings. The van der Waals surface area contributed by atoms with Crippen LogP contribution in [0.5, 0.6) is 0 Å². The molecule has 2 atom stereocenters. The number of benzene rings is 3. The Morgan fingerprint density at radius 3 is 1.45 bits per heavy atom. The molecule has 0 bridgehead atoms. The third kappa shape index (κ3) is 11.0. The molecule has 5 aliphatic heterocycles. The molecule has 21 heteroatoms. The largest absolute Gasteiger partial charge is 0.363 e. The minimum absolute atomic E-state index is 0. The maximum absolute atomic E-state index is 12.0. The maximum atomic E-state index is 12.0. The summed E-state index contributed by atoms with van der Waals surface area (Å²) >= 11 is 1.40. The molecular formula is C45H46N6O14S. The lowest BCUT2D eigenvalue weighted by atomic mass is 10.1. The molecule has 10 amide bonds. The number of carbonyl (C=O) groups is 12. The molecule has 0 radical (unpaired) electrons. The Morgan fingerprint density at radius 2 is 1.05 bits per heavy atom. The molecule has 5 heterocycles. The van der Waals surface area contributed by atoms with Crippen LogP contribution in [-0.4, -0.2) is 92.6 Å². The summed E-state index contributed by atoms with van der Waals surface area (Å²) in [6, 6.07) is 18.2. The van der Waals surface area contributed by atoms with Crippen LogP contribution in [0.25, 0.3) is 0 Å². The van der Waals surface area contributed by atoms with Gasteiger partial charge in [0.15, 0.2) is 0 Å². The number of anilines is 3. The molecule has 8 rings (SSSR count). The molecule has 346 valence electrons. The van der Waals surface area contributed by atoms with Gasteiger partial charge in [-0.3, -0.25) is 52.8 Å². The average Bonchev–Trinajstić information content (AvgIpc) is 4.05. The van der Waals surface area contributed by atoms with E-state index in [0.29, 0.717) is 33.7 Å². The van der Waals surface area contributed by atoms with Gasteiger partial charge in [0.2, 0.25) is 23.6 Å². The van der Waals surface area contributed by atoms with E-state index in [1.54, 1.807) is 25.1 Å². The van der Waals surface area contributed by atoms with Crippen molar-refractivity contribution in [2.75, 3.05) is 21.0 Å². The van der Waals surface area contributed by atoms with Gasteiger partial charge in [0, 0.05) is 63.1 Å². The van der Waals surface area contributed by atoms with Crippen LogP contribution < -0.4 is 20.4 Å². The normalized spacial score (nSPS) is 19.1. The van der Waals surface area contributed by atoms with Crippen LogP contribution in [0.4, 0.5) is 17.1 Å². The zero-order valence-corrected chi connectivity index (χ0v) is 34.9. The van der Waals surface area contributed by atoms with Crippen molar-refractivity contribution < 1.29 is 68.6 Å². The van der Waals surface area contributed by atoms with Gasteiger partial charge < -0.3 is 15.4 Å². The Labute approximate surface area is 384 Å². The minimum Gasteiger partial charge on any atom is -0.326 e. The first-order valence-electron chi connectivity index (χ1n) is 19.9. The molecule has 3 aromatic carbocycles. The summed E-state index contributed by atoms with van der Waals surface area (Å²) in [6.45, 7) is 2.06. The van der Waals surface area contributed by atoms with Gasteiger partial charge in [-0.2, -0.15) is 11.8 Å². The van der Waals surface area contributed by atoms with Crippen LogP contribution in [0.3, 0.4) is 0 Å². The first-order valence-corrected chi connectivity index (χ1v) is 20.7. The summed E-state index contributed by atoms with van der Waals surface area (Å²) in [6.07, 6.45) is 4.60. The monoisotopic (exact) mass is 928 g/mol. The molecule has 20 nitrogen and oxygen atoms in total. The predicted octanol–water partition coefficient (Wildman–Crippen LogP) is 3.56. The van der Waals surface area contributed by atoms with Gasteiger partial charge in [0.25, 0.3) is 35.4 Å². The molecule has 0 aromatic heterocycles. The van der Waals surface area contributed by atoms with Gasteiger partial charge in [-0.15, -0.1) is 10.1 Å². The Balaban J connectivity index is 0.000000218. The number of imide groups is 5. The molecule has 2 unspecified atom stereocenters. The van der Waals surface area contributed by atoms with Crippen molar-refractivity contribution in [1.82, 2.24) is 10.1 Å². The van der Waals surface area contributed by atoms with E-state index in [4.69, 9.17) is 11.1 Å². The third-order valence-corrected chi connectivity index (χ3v) is 11.0. The van der Waals surface area contributed by atoms with Crippen LogP contribution in [-0.2, 0) is 64.2 Å². The fourth-order valence-corrected chi connectivity index (χ4v) is 7.27. The van der Waals surface area contributed by atoms with Gasteiger partial charge in [-0.1, -0.05) is 33.9 Å². The fraction of sp³-hybridized carbons (Fsp3) is 0.289. The van der Waals surface area contributed by atoms with Crippen molar-refractivity contribution in [1.29, 1.82) is 0 Å². The lowest BCUT2D eigenvalue weighted by Crippen LogP contribution is -2.32. The lowest BCUT2D eigenvalue weighted by Gasteiger charge is -2.15. The van der Waals surface area contributed by atoms with Crippen molar-refractivity contribution in [2.24, 2.45) is 11.6 Å². The highest BCUT2D eigenvalue weighted by Gasteiger charge is 2.40. The summed E-state index contributed by atoms with van der Waals surface area (Å²) in [4.78, 5) is 153. The van der Waals surface area contributed by atoms with Crippen LogP contribution in [0.15, 0.2) is 84.9 Å². The van der Waals surface area contributed by atoms with Crippen molar-refractivity contribution in [3.05, 3.63) is 102 Å². The molecule has 0 spiro atoms. The van der Waals surface area contributed by atoms with Crippen LogP contribution in [0.2, 0.25) is 1.41 Å². The summed E-state index contributed by atoms with van der Waals surface area (Å²) in [5.41, 5.74) is 4.60. The Hall–Kier alpha value is -7.65. The zero-order valence-electron chi connectivity index (χ0n) is 35.0. The summed E-state index contributed by atoms with van der Waals surface area (Å²) in [7, 11) is 0. The number of amides is 10. The van der Waals surface area contributed by atoms with E-state index in [2.05, 4.69) is 5.73 Å². The van der Waals surface area contributed by atoms with E-state index in [1.807, 2.05) is 12.3 Å². The van der Waals surface area contributed by atoms with Crippen molar-refractivity contribution in [3.63, 3.8) is 0 Å². The number of rotatable bonds is 10. The number of thioether (sulfide) groups is 1. The smallest absolute Gasteiger partial charge is 0.326 e. The summed E-state index contributed by atoms with van der Waals surface area (Å²) < 4.78 is 6.96. The number of carbonyl (C=O) groups excluding carboxylic acids is 12. The molecule has 3 aromatic rings. The zero-order chi connectivity index (χ0) is 47.1. The molecule has 0 aliphatic carbocycles. The SMILES string of the molecule is C.C.CC1CC(=O)N(c2ccc(C(=O)ON3C(=O)CCC3=O)cc2)C1=O.O=C(ON1C(=O)CCC1=O)c1ccc(N2C(=O)C=CC2=O)cc1.[3H]NCc1cccc(N2C(=O)CC(SC)C2=O)c1. The van der Waals surface area contributed by atoms with Crippen molar-refractivity contribution >= 4 is 99.8 Å². The third-order valence-electron chi connectivity index (χ3n) is 10.0. The van der Waals surface area contributed by atoms with Gasteiger partial charge in [-0.25, -0.2) is 19.4 Å². The second-order valence-corrected chi connectivity index (χ2v) is 15.4. The highest BCUT2D eigenvalue weighted by Crippen LogP contribution is 2.30. The van der Waals surface area contributed by atoms with Crippen molar-refractivity contribution in [2.45, 2.75) is 72.1 Å². The highest BCUT2D eigenvalue weighted by molar-refractivity contribution is 8.00. The fourth-order valence-electron chi connectivity index (χ4n) is 6.65. The lowest BCUT2D eigenvalue weighted by molar-refractivity contribution is -0.173. The number of nitrogens with zero attached hydrogens (tertiary/aromatic N) is 5. The van der Waals surface area contributed by atoms with Gasteiger partial charge >= 0.3 is 11.9 Å². The van der Waals surface area contributed by atoms with E-state index in [-0.39, 0.29) is 99.3 Å². The molecular weight excluding hydrogens is 881 g/mol. The minimum atomic E-state index is -0.877. The Kier molecular flexibility index (Phi) is 16.3. The Morgan fingerprint density at radius 1 is 0.606 bits per heavy atom. The predicted molar refractivity (Wildman–Crippen MR) is 236 cm³/mol. The molecule has 2 N–H and O–H groups in total. The quantitative estimate of drug-likeness (QED) is 0.285. The second-order valence-electron chi connectivity index (χ2n) is 14.4. The topological polar surface area (TPSA) is 266 Å². The average molecular weight is 929 g/mol. The van der Waals surface area contributed by atoms with Crippen LogP contribution in [0, 0.1) is 5.92 Å². The van der Waals surface area contributed by atoms with E-state index in [1.165, 1.54) is 65.2 Å². The maximum Gasteiger partial charge on any atom is 0.363 e. The summed E-state index contributed by atoms with van der Waals surface area (Å²) in [5, 5.41) is 0.648. The van der Waals surface area contributed by atoms with E-state index in [9.17, 15) is 57.5 Å². The van der Waals surface area contributed by atoms with Crippen LogP contribution >= 0.6 is 11.8 Å². The number of hydrogen-bond acceptors (Lipinski definition) is 16. The van der Waals surface area contributed by atoms with Crippen molar-refractivity contribution in [3.8, 4) is 0 Å². The second kappa shape index (κ2) is 21.8. The molecule has 4 saturated heterocycles. The first kappa shape index (κ1) is 49.4. The number of hydroxylamine groups is 4. The molecule has 5 aliphatic rings. The first-order chi connectivity index (χ1) is 31.0.